The van der Waals surface area contributed by atoms with Crippen molar-refractivity contribution < 1.29 is 13.2 Å². The number of halogens is 1. The highest BCUT2D eigenvalue weighted by atomic mass is 79.9. The maximum absolute atomic E-state index is 11.4. The van der Waals surface area contributed by atoms with Crippen LogP contribution in [0, 0.1) is 0 Å². The van der Waals surface area contributed by atoms with Gasteiger partial charge in [-0.3, -0.25) is 0 Å². The molecule has 0 heterocycles. The lowest BCUT2D eigenvalue weighted by Crippen LogP contribution is -1.97. The molecule has 0 fully saturated rings. The molecule has 0 radical (unpaired) electrons. The quantitative estimate of drug-likeness (QED) is 0.852. The van der Waals surface area contributed by atoms with Crippen molar-refractivity contribution in [2.75, 3.05) is 7.11 Å². The van der Waals surface area contributed by atoms with Gasteiger partial charge in [-0.1, -0.05) is 6.58 Å². The lowest BCUT2D eigenvalue weighted by Gasteiger charge is -2.04. The second-order valence-corrected chi connectivity index (χ2v) is 5.23. The summed E-state index contributed by atoms with van der Waals surface area (Å²) in [6, 6.07) is 4.65. The average Bonchev–Trinajstić information content (AvgIpc) is 2.17. The minimum Gasteiger partial charge on any atom is -0.497 e. The zero-order valence-corrected chi connectivity index (χ0v) is 9.93. The Hall–Kier alpha value is -0.810. The summed E-state index contributed by atoms with van der Waals surface area (Å²) < 4.78 is 28.3. The minimum atomic E-state index is -3.39. The normalized spacial score (nSPS) is 11.0. The third kappa shape index (κ3) is 2.16. The number of benzene rings is 1. The van der Waals surface area contributed by atoms with Gasteiger partial charge in [-0.25, -0.2) is 8.42 Å². The summed E-state index contributed by atoms with van der Waals surface area (Å²) in [5.74, 6) is 0.597. The molecule has 0 bridgehead atoms. The van der Waals surface area contributed by atoms with E-state index in [9.17, 15) is 8.42 Å². The number of ether oxygens (including phenoxy) is 1. The first-order chi connectivity index (χ1) is 6.51. The molecule has 76 valence electrons. The fraction of sp³-hybridized carbons (Fsp3) is 0.111. The summed E-state index contributed by atoms with van der Waals surface area (Å²) in [6.07, 6.45) is 0. The summed E-state index contributed by atoms with van der Waals surface area (Å²) in [7, 11) is -1.88. The summed E-state index contributed by atoms with van der Waals surface area (Å²) >= 11 is 3.16. The largest absolute Gasteiger partial charge is 0.497 e. The Morgan fingerprint density at radius 3 is 2.57 bits per heavy atom. The lowest BCUT2D eigenvalue weighted by atomic mass is 10.3. The number of hydrogen-bond acceptors (Lipinski definition) is 3. The molecule has 0 aliphatic carbocycles. The smallest absolute Gasteiger partial charge is 0.200 e. The summed E-state index contributed by atoms with van der Waals surface area (Å²) in [5, 5.41) is 0.916. The van der Waals surface area contributed by atoms with Gasteiger partial charge < -0.3 is 4.74 Å². The third-order valence-electron chi connectivity index (χ3n) is 1.66. The van der Waals surface area contributed by atoms with Gasteiger partial charge in [-0.05, 0) is 34.1 Å². The van der Waals surface area contributed by atoms with Crippen LogP contribution in [0.2, 0.25) is 0 Å². The number of hydrogen-bond donors (Lipinski definition) is 0. The minimum absolute atomic E-state index is 0.188. The molecule has 14 heavy (non-hydrogen) atoms. The predicted molar refractivity (Wildman–Crippen MR) is 58.1 cm³/mol. The highest BCUT2D eigenvalue weighted by Crippen LogP contribution is 2.27. The fourth-order valence-electron chi connectivity index (χ4n) is 0.929. The monoisotopic (exact) mass is 276 g/mol. The first kappa shape index (κ1) is 11.3. The van der Waals surface area contributed by atoms with E-state index in [1.165, 1.54) is 13.2 Å². The molecule has 0 unspecified atom stereocenters. The van der Waals surface area contributed by atoms with Gasteiger partial charge in [0, 0.05) is 9.88 Å². The van der Waals surface area contributed by atoms with Gasteiger partial charge in [-0.2, -0.15) is 0 Å². The van der Waals surface area contributed by atoms with Crippen molar-refractivity contribution in [3.8, 4) is 5.75 Å². The molecule has 0 aliphatic rings. The van der Waals surface area contributed by atoms with Crippen molar-refractivity contribution in [2.45, 2.75) is 4.90 Å². The molecule has 0 aromatic heterocycles. The van der Waals surface area contributed by atoms with E-state index >= 15 is 0 Å². The maximum atomic E-state index is 11.4. The zero-order valence-electron chi connectivity index (χ0n) is 7.53. The first-order valence-corrected chi connectivity index (χ1v) is 6.06. The van der Waals surface area contributed by atoms with Gasteiger partial charge in [0.05, 0.1) is 12.0 Å². The van der Waals surface area contributed by atoms with Crippen molar-refractivity contribution in [3.05, 3.63) is 34.7 Å². The summed E-state index contributed by atoms with van der Waals surface area (Å²) in [6.45, 7) is 3.25. The van der Waals surface area contributed by atoms with E-state index in [1.54, 1.807) is 12.1 Å². The first-order valence-electron chi connectivity index (χ1n) is 3.72. The van der Waals surface area contributed by atoms with E-state index in [0.717, 1.165) is 5.41 Å². The van der Waals surface area contributed by atoms with Crippen LogP contribution in [0.1, 0.15) is 0 Å². The molecule has 1 rings (SSSR count). The Balaban J connectivity index is 3.33. The van der Waals surface area contributed by atoms with Crippen molar-refractivity contribution in [1.82, 2.24) is 0 Å². The summed E-state index contributed by atoms with van der Waals surface area (Å²) in [5.41, 5.74) is 0. The molecule has 0 aliphatic heterocycles. The van der Waals surface area contributed by atoms with Crippen LogP contribution in [-0.2, 0) is 9.84 Å². The van der Waals surface area contributed by atoms with E-state index in [-0.39, 0.29) is 4.90 Å². The van der Waals surface area contributed by atoms with Crippen molar-refractivity contribution >= 4 is 25.8 Å². The number of methoxy groups -OCH3 is 1. The highest BCUT2D eigenvalue weighted by Gasteiger charge is 2.13. The molecule has 0 saturated heterocycles. The standard InChI is InChI=1S/C9H9BrO3S/c1-3-14(11,12)9-5-4-7(13-2)6-8(9)10/h3-6H,1H2,2H3. The molecule has 0 spiro atoms. The molecule has 0 saturated carbocycles. The Morgan fingerprint density at radius 1 is 1.50 bits per heavy atom. The molecule has 0 N–H and O–H groups in total. The third-order valence-corrected chi connectivity index (χ3v) is 3.99. The Bertz CT molecular complexity index is 451. The van der Waals surface area contributed by atoms with Gasteiger partial charge in [-0.15, -0.1) is 0 Å². The van der Waals surface area contributed by atoms with E-state index in [4.69, 9.17) is 4.74 Å². The molecule has 1 aromatic rings. The van der Waals surface area contributed by atoms with Crippen LogP contribution < -0.4 is 4.74 Å². The molecular formula is C9H9BrO3S. The molecule has 3 nitrogen and oxygen atoms in total. The topological polar surface area (TPSA) is 43.4 Å². The number of rotatable bonds is 3. The van der Waals surface area contributed by atoms with Crippen molar-refractivity contribution in [2.24, 2.45) is 0 Å². The van der Waals surface area contributed by atoms with Crippen molar-refractivity contribution in [1.29, 1.82) is 0 Å². The van der Waals surface area contributed by atoms with Crippen molar-refractivity contribution in [3.63, 3.8) is 0 Å². The molecule has 0 atom stereocenters. The Labute approximate surface area is 91.4 Å². The molecular weight excluding hydrogens is 268 g/mol. The van der Waals surface area contributed by atoms with E-state index in [0.29, 0.717) is 10.2 Å². The zero-order chi connectivity index (χ0) is 10.8. The second-order valence-electron chi connectivity index (χ2n) is 2.51. The average molecular weight is 277 g/mol. The number of sulfone groups is 1. The molecule has 1 aromatic carbocycles. The van der Waals surface area contributed by atoms with E-state index in [1.807, 2.05) is 0 Å². The van der Waals surface area contributed by atoms with E-state index < -0.39 is 9.84 Å². The molecule has 5 heteroatoms. The maximum Gasteiger partial charge on any atom is 0.200 e. The van der Waals surface area contributed by atoms with Crippen LogP contribution >= 0.6 is 15.9 Å². The van der Waals surface area contributed by atoms with E-state index in [2.05, 4.69) is 22.5 Å². The lowest BCUT2D eigenvalue weighted by molar-refractivity contribution is 0.414. The molecule has 0 amide bonds. The van der Waals surface area contributed by atoms with Crippen LogP contribution in [0.5, 0.6) is 5.75 Å². The van der Waals surface area contributed by atoms with Gasteiger partial charge >= 0.3 is 0 Å². The Morgan fingerprint density at radius 2 is 2.14 bits per heavy atom. The van der Waals surface area contributed by atoms with Gasteiger partial charge in [0.2, 0.25) is 0 Å². The van der Waals surface area contributed by atoms with Crippen LogP contribution in [0.4, 0.5) is 0 Å². The fourth-order valence-corrected chi connectivity index (χ4v) is 2.73. The van der Waals surface area contributed by atoms with Crippen LogP contribution in [0.3, 0.4) is 0 Å². The van der Waals surface area contributed by atoms with Crippen LogP contribution in [-0.4, -0.2) is 15.5 Å². The van der Waals surface area contributed by atoms with Crippen LogP contribution in [0.25, 0.3) is 0 Å². The SMILES string of the molecule is C=CS(=O)(=O)c1ccc(OC)cc1Br. The Kier molecular flexibility index (Phi) is 3.34. The van der Waals surface area contributed by atoms with Crippen LogP contribution in [0.15, 0.2) is 39.6 Å². The van der Waals surface area contributed by atoms with Gasteiger partial charge in [0.1, 0.15) is 5.75 Å². The predicted octanol–water partition coefficient (Wildman–Crippen LogP) is 2.37. The second kappa shape index (κ2) is 4.14. The van der Waals surface area contributed by atoms with Gasteiger partial charge in [0.25, 0.3) is 0 Å². The summed E-state index contributed by atoms with van der Waals surface area (Å²) in [4.78, 5) is 0.188. The highest BCUT2D eigenvalue weighted by molar-refractivity contribution is 9.10. The van der Waals surface area contributed by atoms with Gasteiger partial charge in [0.15, 0.2) is 9.84 Å².